The molecule has 0 saturated carbocycles. The Morgan fingerprint density at radius 1 is 1.32 bits per heavy atom. The Hall–Kier alpha value is -0.560. The van der Waals surface area contributed by atoms with Crippen molar-refractivity contribution in [2.75, 3.05) is 13.1 Å². The average molecular weight is 437 g/mol. The molecule has 19 heavy (non-hydrogen) atoms. The van der Waals surface area contributed by atoms with Gasteiger partial charge in [0.25, 0.3) is 0 Å². The van der Waals surface area contributed by atoms with Gasteiger partial charge >= 0.3 is 0 Å². The minimum Gasteiger partial charge on any atom is -0.530 e. The van der Waals surface area contributed by atoms with E-state index in [-0.39, 0.29) is 50.0 Å². The Morgan fingerprint density at radius 2 is 1.84 bits per heavy atom. The molecule has 0 spiro atoms. The fourth-order valence-electron chi connectivity index (χ4n) is 0.808. The Labute approximate surface area is 134 Å². The molecule has 0 heterocycles. The summed E-state index contributed by atoms with van der Waals surface area (Å²) in [5, 5.41) is 4.84. The Bertz CT molecular complexity index is 261. The van der Waals surface area contributed by atoms with E-state index in [2.05, 4.69) is 10.6 Å². The fraction of sp³-hybridized carbons (Fsp3) is 0.750. The van der Waals surface area contributed by atoms with E-state index in [1.807, 2.05) is 20.8 Å². The molecule has 110 valence electrons. The Morgan fingerprint density at radius 3 is 2.11 bits per heavy atom. The smallest absolute Gasteiger partial charge is 0.237 e. The van der Waals surface area contributed by atoms with Crippen LogP contribution in [0.3, 0.4) is 0 Å². The quantitative estimate of drug-likeness (QED) is 0.221. The van der Waals surface area contributed by atoms with Crippen LogP contribution in [-0.4, -0.2) is 37.2 Å². The number of nitrogens with two attached hydrogens (primary N) is 1. The number of carbonyl (C=O) groups excluding carboxylic acids is 3. The maximum absolute atomic E-state index is 11.1. The number of Topliss-reactive ketones (excluding diaryl/α,β-unsaturated/α-hetero) is 1. The zero-order valence-electron chi connectivity index (χ0n) is 12.1. The third-order valence-electron chi connectivity index (χ3n) is 1.98. The first-order chi connectivity index (χ1) is 8.36. The van der Waals surface area contributed by atoms with Gasteiger partial charge in [-0.15, -0.1) is 0 Å². The SMILES string of the molecule is CC(=O)CNC(=O)C(N)C(C)C.CCCN[C-]=O.[Hf]. The van der Waals surface area contributed by atoms with Gasteiger partial charge in [0.15, 0.2) is 0 Å². The summed E-state index contributed by atoms with van der Waals surface area (Å²) in [5.74, 6) is -0.239. The van der Waals surface area contributed by atoms with Crippen LogP contribution < -0.4 is 16.4 Å². The maximum Gasteiger partial charge on any atom is 0.237 e. The molecule has 1 unspecified atom stereocenters. The van der Waals surface area contributed by atoms with Gasteiger partial charge in [-0.05, 0) is 25.8 Å². The number of nitrogens with one attached hydrogen (secondary N) is 2. The molecular formula is C12H24HfN3O3-. The van der Waals surface area contributed by atoms with E-state index >= 15 is 0 Å². The van der Waals surface area contributed by atoms with E-state index in [1.54, 1.807) is 6.41 Å². The molecule has 0 aromatic heterocycles. The number of amides is 2. The first-order valence-corrected chi connectivity index (χ1v) is 5.99. The molecule has 7 heteroatoms. The molecule has 0 aliphatic rings. The van der Waals surface area contributed by atoms with Crippen LogP contribution in [0.4, 0.5) is 0 Å². The van der Waals surface area contributed by atoms with Gasteiger partial charge in [0.2, 0.25) is 5.91 Å². The summed E-state index contributed by atoms with van der Waals surface area (Å²) in [6.07, 6.45) is 2.55. The molecule has 0 aromatic carbocycles. The molecule has 0 bridgehead atoms. The summed E-state index contributed by atoms with van der Waals surface area (Å²) in [7, 11) is 0. The van der Waals surface area contributed by atoms with Crippen LogP contribution in [0.5, 0.6) is 0 Å². The number of carbonyl (C=O) groups is 2. The summed E-state index contributed by atoms with van der Waals surface area (Å²) in [4.78, 5) is 30.9. The van der Waals surface area contributed by atoms with E-state index in [0.717, 1.165) is 13.0 Å². The molecule has 0 radical (unpaired) electrons. The predicted octanol–water partition coefficient (Wildman–Crippen LogP) is -0.274. The summed E-state index contributed by atoms with van der Waals surface area (Å²) in [6.45, 7) is 7.93. The Kier molecular flexibility index (Phi) is 19.2. The van der Waals surface area contributed by atoms with Crippen LogP contribution in [0.1, 0.15) is 34.1 Å². The van der Waals surface area contributed by atoms with Gasteiger partial charge in [0, 0.05) is 25.8 Å². The first kappa shape index (κ1) is 23.5. The normalized spacial score (nSPS) is 10.4. The topological polar surface area (TPSA) is 101 Å². The second-order valence-corrected chi connectivity index (χ2v) is 4.22. The van der Waals surface area contributed by atoms with Crippen LogP contribution in [0.15, 0.2) is 0 Å². The largest absolute Gasteiger partial charge is 0.530 e. The standard InChI is InChI=1S/C8H16N2O2.C4H8NO.Hf/c1-5(2)7(9)8(12)10-4-6(3)11;1-2-3-5-4-6;/h5,7H,4,9H2,1-3H3,(H,10,12);2-3H2,1H3,(H,5,6);/q;-1;. The van der Waals surface area contributed by atoms with Crippen molar-refractivity contribution < 1.29 is 40.2 Å². The zero-order chi connectivity index (χ0) is 14.6. The molecule has 0 rings (SSSR count). The molecule has 0 aliphatic heterocycles. The van der Waals surface area contributed by atoms with Crippen molar-refractivity contribution in [3.8, 4) is 0 Å². The van der Waals surface area contributed by atoms with Gasteiger partial charge in [-0.2, -0.15) is 6.41 Å². The first-order valence-electron chi connectivity index (χ1n) is 5.99. The van der Waals surface area contributed by atoms with Gasteiger partial charge < -0.3 is 21.2 Å². The van der Waals surface area contributed by atoms with Gasteiger partial charge in [-0.25, -0.2) is 0 Å². The van der Waals surface area contributed by atoms with Crippen LogP contribution in [0.2, 0.25) is 0 Å². The van der Waals surface area contributed by atoms with Crippen molar-refractivity contribution in [2.24, 2.45) is 11.7 Å². The van der Waals surface area contributed by atoms with Crippen LogP contribution in [0, 0.1) is 5.92 Å². The number of hydrogen-bond donors (Lipinski definition) is 3. The van der Waals surface area contributed by atoms with Crippen LogP contribution in [-0.2, 0) is 40.2 Å². The van der Waals surface area contributed by atoms with E-state index < -0.39 is 6.04 Å². The summed E-state index contributed by atoms with van der Waals surface area (Å²) >= 11 is 0. The van der Waals surface area contributed by atoms with Gasteiger partial charge in [0.1, 0.15) is 5.78 Å². The van der Waals surface area contributed by atoms with Crippen molar-refractivity contribution in [1.29, 1.82) is 0 Å². The minimum atomic E-state index is -0.524. The molecule has 0 aromatic rings. The second kappa shape index (κ2) is 15.5. The fourth-order valence-corrected chi connectivity index (χ4v) is 0.808. The molecule has 0 aliphatic carbocycles. The molecular weight excluding hydrogens is 413 g/mol. The molecule has 4 N–H and O–H groups in total. The van der Waals surface area contributed by atoms with Crippen molar-refractivity contribution in [1.82, 2.24) is 10.6 Å². The molecule has 0 saturated heterocycles. The van der Waals surface area contributed by atoms with Crippen molar-refractivity contribution in [3.05, 3.63) is 0 Å². The number of hydrogen-bond acceptors (Lipinski definition) is 4. The monoisotopic (exact) mass is 438 g/mol. The third-order valence-corrected chi connectivity index (χ3v) is 1.98. The van der Waals surface area contributed by atoms with E-state index in [0.29, 0.717) is 0 Å². The summed E-state index contributed by atoms with van der Waals surface area (Å²) in [5.41, 5.74) is 5.52. The molecule has 1 atom stereocenters. The molecule has 6 nitrogen and oxygen atoms in total. The van der Waals surface area contributed by atoms with Gasteiger partial charge in [-0.1, -0.05) is 20.8 Å². The van der Waals surface area contributed by atoms with Crippen molar-refractivity contribution in [2.45, 2.75) is 40.2 Å². The van der Waals surface area contributed by atoms with Gasteiger partial charge in [0.05, 0.1) is 12.6 Å². The average Bonchev–Trinajstić information content (AvgIpc) is 2.32. The molecule has 0 fully saturated rings. The molecule has 2 amide bonds. The van der Waals surface area contributed by atoms with Gasteiger partial charge in [-0.3, -0.25) is 9.59 Å². The van der Waals surface area contributed by atoms with E-state index in [1.165, 1.54) is 6.92 Å². The van der Waals surface area contributed by atoms with E-state index in [4.69, 9.17) is 5.73 Å². The Balaban J connectivity index is -0.000000313. The van der Waals surface area contributed by atoms with Crippen LogP contribution in [0.25, 0.3) is 0 Å². The maximum atomic E-state index is 11.1. The van der Waals surface area contributed by atoms with Crippen molar-refractivity contribution in [3.63, 3.8) is 0 Å². The van der Waals surface area contributed by atoms with Crippen molar-refractivity contribution >= 4 is 18.1 Å². The second-order valence-electron chi connectivity index (χ2n) is 4.22. The summed E-state index contributed by atoms with van der Waals surface area (Å²) < 4.78 is 0. The third kappa shape index (κ3) is 17.4. The number of ketones is 1. The van der Waals surface area contributed by atoms with Crippen LogP contribution >= 0.6 is 0 Å². The predicted molar refractivity (Wildman–Crippen MR) is 70.5 cm³/mol. The number of rotatable bonds is 7. The minimum absolute atomic E-state index is 0. The summed E-state index contributed by atoms with van der Waals surface area (Å²) in [6, 6.07) is -0.524. The zero-order valence-corrected chi connectivity index (χ0v) is 15.7. The van der Waals surface area contributed by atoms with E-state index in [9.17, 15) is 14.4 Å².